The molecule has 5 rings (SSSR count). The molecule has 3 atom stereocenters. The lowest BCUT2D eigenvalue weighted by molar-refractivity contribution is 0.0217. The molecule has 3 saturated heterocycles. The zero-order valence-corrected chi connectivity index (χ0v) is 13.7. The van der Waals surface area contributed by atoms with E-state index in [1.165, 1.54) is 25.9 Å². The van der Waals surface area contributed by atoms with E-state index in [1.54, 1.807) is 6.07 Å². The van der Waals surface area contributed by atoms with Crippen molar-refractivity contribution >= 4 is 5.91 Å². The molecule has 5 nitrogen and oxygen atoms in total. The molecule has 0 aliphatic carbocycles. The molecule has 23 heavy (non-hydrogen) atoms. The normalized spacial score (nSPS) is 34.4. The maximum absolute atomic E-state index is 12.7. The SMILES string of the molecule is CCC1Oc2ccc(C(=O)N[C@@H]3C4CCN(CC4)[C@H]3C)cc2O1. The second-order valence-corrected chi connectivity index (χ2v) is 6.85. The number of hydrogen-bond acceptors (Lipinski definition) is 4. The monoisotopic (exact) mass is 316 g/mol. The van der Waals surface area contributed by atoms with Crippen LogP contribution < -0.4 is 14.8 Å². The van der Waals surface area contributed by atoms with Crippen LogP contribution in [0.15, 0.2) is 18.2 Å². The molecule has 124 valence electrons. The molecular formula is C18H24N2O3. The van der Waals surface area contributed by atoms with E-state index in [0.29, 0.717) is 23.3 Å². The Labute approximate surface area is 136 Å². The Bertz CT molecular complexity index is 608. The number of rotatable bonds is 3. The summed E-state index contributed by atoms with van der Waals surface area (Å²) in [5.41, 5.74) is 0.646. The van der Waals surface area contributed by atoms with Crippen molar-refractivity contribution in [2.24, 2.45) is 5.92 Å². The van der Waals surface area contributed by atoms with E-state index in [9.17, 15) is 4.79 Å². The highest BCUT2D eigenvalue weighted by atomic mass is 16.7. The van der Waals surface area contributed by atoms with Gasteiger partial charge in [-0.3, -0.25) is 9.69 Å². The Kier molecular flexibility index (Phi) is 3.68. The van der Waals surface area contributed by atoms with Gasteiger partial charge in [-0.05, 0) is 57.0 Å². The van der Waals surface area contributed by atoms with Gasteiger partial charge in [-0.25, -0.2) is 0 Å². The summed E-state index contributed by atoms with van der Waals surface area (Å²) in [6.07, 6.45) is 2.93. The van der Waals surface area contributed by atoms with Gasteiger partial charge in [-0.15, -0.1) is 0 Å². The maximum Gasteiger partial charge on any atom is 0.251 e. The van der Waals surface area contributed by atoms with Gasteiger partial charge in [0.05, 0.1) is 0 Å². The number of carbonyl (C=O) groups is 1. The summed E-state index contributed by atoms with van der Waals surface area (Å²) < 4.78 is 11.3. The third-order valence-electron chi connectivity index (χ3n) is 5.53. The zero-order chi connectivity index (χ0) is 16.0. The van der Waals surface area contributed by atoms with Crippen molar-refractivity contribution in [2.45, 2.75) is 51.5 Å². The van der Waals surface area contributed by atoms with Crippen molar-refractivity contribution in [3.63, 3.8) is 0 Å². The van der Waals surface area contributed by atoms with E-state index in [1.807, 2.05) is 19.1 Å². The third kappa shape index (κ3) is 2.57. The summed E-state index contributed by atoms with van der Waals surface area (Å²) in [5, 5.41) is 3.26. The first kappa shape index (κ1) is 14.8. The van der Waals surface area contributed by atoms with Crippen LogP contribution in [0, 0.1) is 5.92 Å². The smallest absolute Gasteiger partial charge is 0.251 e. The summed E-state index contributed by atoms with van der Waals surface area (Å²) in [6.45, 7) is 6.57. The molecule has 4 aliphatic heterocycles. The highest BCUT2D eigenvalue weighted by Crippen LogP contribution is 2.36. The second-order valence-electron chi connectivity index (χ2n) is 6.85. The lowest BCUT2D eigenvalue weighted by atomic mass is 9.79. The Balaban J connectivity index is 1.48. The highest BCUT2D eigenvalue weighted by molar-refractivity contribution is 5.95. The number of piperidine rings is 3. The number of fused-ring (bicyclic) bond motifs is 4. The van der Waals surface area contributed by atoms with Crippen molar-refractivity contribution in [1.82, 2.24) is 10.2 Å². The Morgan fingerprint density at radius 2 is 2.00 bits per heavy atom. The molecule has 0 spiro atoms. The number of nitrogens with zero attached hydrogens (tertiary/aromatic N) is 1. The summed E-state index contributed by atoms with van der Waals surface area (Å²) in [6, 6.07) is 6.12. The Morgan fingerprint density at radius 1 is 1.26 bits per heavy atom. The second kappa shape index (κ2) is 5.71. The molecule has 1 unspecified atom stereocenters. The molecule has 5 heteroatoms. The average molecular weight is 316 g/mol. The number of amides is 1. The quantitative estimate of drug-likeness (QED) is 0.930. The molecule has 0 saturated carbocycles. The molecule has 1 amide bonds. The molecule has 1 aromatic rings. The summed E-state index contributed by atoms with van der Waals surface area (Å²) in [7, 11) is 0. The lowest BCUT2D eigenvalue weighted by Crippen LogP contribution is -2.62. The van der Waals surface area contributed by atoms with Gasteiger partial charge >= 0.3 is 0 Å². The number of carbonyl (C=O) groups excluding carboxylic acids is 1. The number of benzene rings is 1. The minimum absolute atomic E-state index is 0.0121. The number of hydrogen-bond donors (Lipinski definition) is 1. The minimum Gasteiger partial charge on any atom is -0.451 e. The van der Waals surface area contributed by atoms with Crippen molar-refractivity contribution < 1.29 is 14.3 Å². The van der Waals surface area contributed by atoms with Gasteiger partial charge in [0.1, 0.15) is 0 Å². The summed E-state index contributed by atoms with van der Waals surface area (Å²) in [5.74, 6) is 2.00. The van der Waals surface area contributed by atoms with E-state index >= 15 is 0 Å². The van der Waals surface area contributed by atoms with Crippen molar-refractivity contribution in [3.8, 4) is 11.5 Å². The molecular weight excluding hydrogens is 292 g/mol. The molecule has 1 N–H and O–H groups in total. The molecule has 0 radical (unpaired) electrons. The first-order valence-electron chi connectivity index (χ1n) is 8.68. The van der Waals surface area contributed by atoms with E-state index in [2.05, 4.69) is 17.1 Å². The largest absolute Gasteiger partial charge is 0.451 e. The van der Waals surface area contributed by atoms with Crippen molar-refractivity contribution in [2.75, 3.05) is 13.1 Å². The van der Waals surface area contributed by atoms with Crippen LogP contribution in [0.4, 0.5) is 0 Å². The summed E-state index contributed by atoms with van der Waals surface area (Å²) in [4.78, 5) is 15.1. The summed E-state index contributed by atoms with van der Waals surface area (Å²) >= 11 is 0. The van der Waals surface area contributed by atoms with Crippen LogP contribution in [0.5, 0.6) is 11.5 Å². The fourth-order valence-electron chi connectivity index (χ4n) is 4.09. The van der Waals surface area contributed by atoms with Crippen LogP contribution in [-0.2, 0) is 0 Å². The van der Waals surface area contributed by atoms with Crippen LogP contribution in [0.25, 0.3) is 0 Å². The molecule has 4 aliphatic rings. The predicted molar refractivity (Wildman–Crippen MR) is 86.8 cm³/mol. The maximum atomic E-state index is 12.7. The van der Waals surface area contributed by atoms with Gasteiger partial charge in [-0.1, -0.05) is 6.92 Å². The fraction of sp³-hybridized carbons (Fsp3) is 0.611. The van der Waals surface area contributed by atoms with Crippen LogP contribution in [0.2, 0.25) is 0 Å². The van der Waals surface area contributed by atoms with Gasteiger partial charge in [0.2, 0.25) is 6.29 Å². The van der Waals surface area contributed by atoms with Crippen LogP contribution >= 0.6 is 0 Å². The van der Waals surface area contributed by atoms with Crippen molar-refractivity contribution in [3.05, 3.63) is 23.8 Å². The fourth-order valence-corrected chi connectivity index (χ4v) is 4.09. The van der Waals surface area contributed by atoms with Gasteiger partial charge in [0, 0.05) is 24.1 Å². The highest BCUT2D eigenvalue weighted by Gasteiger charge is 2.40. The molecule has 4 heterocycles. The molecule has 0 aromatic heterocycles. The lowest BCUT2D eigenvalue weighted by Gasteiger charge is -2.49. The molecule has 3 fully saturated rings. The third-order valence-corrected chi connectivity index (χ3v) is 5.53. The number of nitrogens with one attached hydrogen (secondary N) is 1. The van der Waals surface area contributed by atoms with Crippen LogP contribution in [-0.4, -0.2) is 42.3 Å². The van der Waals surface area contributed by atoms with Gasteiger partial charge < -0.3 is 14.8 Å². The standard InChI is InChI=1S/C18H24N2O3/c1-3-16-22-14-5-4-13(10-15(14)23-16)18(21)19-17-11(2)20-8-6-12(17)7-9-20/h4-5,10-12,16-17H,3,6-9H2,1-2H3,(H,19,21)/t11-,16?,17-/m0/s1. The number of ether oxygens (including phenoxy) is 2. The van der Waals surface area contributed by atoms with E-state index < -0.39 is 0 Å². The minimum atomic E-state index is -0.231. The average Bonchev–Trinajstić information content (AvgIpc) is 3.00. The van der Waals surface area contributed by atoms with Crippen LogP contribution in [0.1, 0.15) is 43.5 Å². The Morgan fingerprint density at radius 3 is 2.70 bits per heavy atom. The van der Waals surface area contributed by atoms with Gasteiger partial charge in [0.15, 0.2) is 11.5 Å². The molecule has 1 aromatic carbocycles. The van der Waals surface area contributed by atoms with E-state index in [-0.39, 0.29) is 18.2 Å². The zero-order valence-electron chi connectivity index (χ0n) is 13.7. The van der Waals surface area contributed by atoms with Gasteiger partial charge in [-0.2, -0.15) is 0 Å². The molecule has 2 bridgehead atoms. The first-order chi connectivity index (χ1) is 11.2. The van der Waals surface area contributed by atoms with Crippen molar-refractivity contribution in [1.29, 1.82) is 0 Å². The Hall–Kier alpha value is -1.75. The predicted octanol–water partition coefficient (Wildman–Crippen LogP) is 2.41. The van der Waals surface area contributed by atoms with E-state index in [0.717, 1.165) is 12.2 Å². The first-order valence-corrected chi connectivity index (χ1v) is 8.68. The van der Waals surface area contributed by atoms with Crippen LogP contribution in [0.3, 0.4) is 0 Å². The van der Waals surface area contributed by atoms with Gasteiger partial charge in [0.25, 0.3) is 5.91 Å². The van der Waals surface area contributed by atoms with E-state index in [4.69, 9.17) is 9.47 Å². The topological polar surface area (TPSA) is 50.8 Å².